The van der Waals surface area contributed by atoms with E-state index >= 15 is 0 Å². The van der Waals surface area contributed by atoms with Gasteiger partial charge in [-0.3, -0.25) is 0 Å². The minimum Gasteiger partial charge on any atom is -0.396 e. The number of hydrogen-bond donors (Lipinski definition) is 1. The van der Waals surface area contributed by atoms with Crippen molar-refractivity contribution in [1.29, 1.82) is 0 Å². The second-order valence-corrected chi connectivity index (χ2v) is 6.91. The third kappa shape index (κ3) is 4.09. The average Bonchev–Trinajstić information content (AvgIpc) is 2.47. The molecule has 0 spiro atoms. The fourth-order valence-corrected chi connectivity index (χ4v) is 3.72. The van der Waals surface area contributed by atoms with Crippen molar-refractivity contribution in [3.05, 3.63) is 35.4 Å². The molecule has 1 aliphatic carbocycles. The smallest absolute Gasteiger partial charge is 0.0490 e. The van der Waals surface area contributed by atoms with Gasteiger partial charge in [-0.05, 0) is 55.9 Å². The Morgan fingerprint density at radius 1 is 1.25 bits per heavy atom. The van der Waals surface area contributed by atoms with Crippen LogP contribution >= 0.6 is 0 Å². The average molecular weight is 274 g/mol. The van der Waals surface area contributed by atoms with E-state index in [0.29, 0.717) is 6.61 Å². The maximum atomic E-state index is 9.93. The van der Waals surface area contributed by atoms with Crippen LogP contribution in [0.3, 0.4) is 0 Å². The highest BCUT2D eigenvalue weighted by atomic mass is 16.3. The van der Waals surface area contributed by atoms with Crippen LogP contribution in [0.15, 0.2) is 24.3 Å². The Hall–Kier alpha value is -0.820. The largest absolute Gasteiger partial charge is 0.396 e. The Morgan fingerprint density at radius 3 is 2.60 bits per heavy atom. The number of unbranched alkanes of at least 4 members (excludes halogenated alkanes) is 1. The van der Waals surface area contributed by atoms with Crippen LogP contribution < -0.4 is 0 Å². The minimum absolute atomic E-state index is 0.149. The molecule has 0 saturated heterocycles. The van der Waals surface area contributed by atoms with Crippen molar-refractivity contribution in [3.8, 4) is 0 Å². The van der Waals surface area contributed by atoms with Gasteiger partial charge in [0, 0.05) is 6.61 Å². The summed E-state index contributed by atoms with van der Waals surface area (Å²) in [6, 6.07) is 8.79. The maximum Gasteiger partial charge on any atom is 0.0490 e. The quantitative estimate of drug-likeness (QED) is 0.782. The lowest BCUT2D eigenvalue weighted by Gasteiger charge is -2.39. The number of aryl methyl sites for hydroxylation is 1. The Kier molecular flexibility index (Phi) is 5.65. The molecule has 1 aliphatic rings. The van der Waals surface area contributed by atoms with E-state index in [2.05, 4.69) is 38.1 Å². The molecule has 0 aliphatic heterocycles. The third-order valence-corrected chi connectivity index (χ3v) is 5.13. The summed E-state index contributed by atoms with van der Waals surface area (Å²) in [4.78, 5) is 0. The van der Waals surface area contributed by atoms with E-state index in [1.54, 1.807) is 0 Å². The fourth-order valence-electron chi connectivity index (χ4n) is 3.72. The monoisotopic (exact) mass is 274 g/mol. The molecule has 1 N–H and O–H groups in total. The first-order valence-electron chi connectivity index (χ1n) is 8.34. The summed E-state index contributed by atoms with van der Waals surface area (Å²) in [6.07, 6.45) is 10.1. The van der Waals surface area contributed by atoms with Crippen LogP contribution in [0.2, 0.25) is 0 Å². The SMILES string of the molecule is CCCCC1CCC(CO)(Cc2cccc(C)c2)CC1. The Bertz CT molecular complexity index is 402. The van der Waals surface area contributed by atoms with Crippen LogP contribution in [-0.2, 0) is 6.42 Å². The van der Waals surface area contributed by atoms with Gasteiger partial charge in [-0.1, -0.05) is 56.0 Å². The molecule has 112 valence electrons. The molecule has 2 rings (SSSR count). The van der Waals surface area contributed by atoms with Gasteiger partial charge in [0.25, 0.3) is 0 Å². The van der Waals surface area contributed by atoms with Gasteiger partial charge in [-0.2, -0.15) is 0 Å². The van der Waals surface area contributed by atoms with Crippen LogP contribution in [0.25, 0.3) is 0 Å². The van der Waals surface area contributed by atoms with E-state index in [-0.39, 0.29) is 5.41 Å². The Labute approximate surface area is 124 Å². The first kappa shape index (κ1) is 15.6. The van der Waals surface area contributed by atoms with Crippen molar-refractivity contribution in [2.45, 2.75) is 65.2 Å². The lowest BCUT2D eigenvalue weighted by Crippen LogP contribution is -2.33. The third-order valence-electron chi connectivity index (χ3n) is 5.13. The molecule has 1 fully saturated rings. The van der Waals surface area contributed by atoms with E-state index < -0.39 is 0 Å². The highest BCUT2D eigenvalue weighted by Crippen LogP contribution is 2.42. The summed E-state index contributed by atoms with van der Waals surface area (Å²) >= 11 is 0. The van der Waals surface area contributed by atoms with Crippen LogP contribution in [0, 0.1) is 18.3 Å². The fraction of sp³-hybridized carbons (Fsp3) is 0.684. The van der Waals surface area contributed by atoms with Gasteiger partial charge in [-0.25, -0.2) is 0 Å². The molecule has 1 heteroatoms. The number of hydrogen-bond acceptors (Lipinski definition) is 1. The number of rotatable bonds is 6. The molecule has 0 aromatic heterocycles. The van der Waals surface area contributed by atoms with Gasteiger partial charge in [0.15, 0.2) is 0 Å². The van der Waals surface area contributed by atoms with E-state index in [1.807, 2.05) is 0 Å². The number of benzene rings is 1. The molecule has 0 bridgehead atoms. The second-order valence-electron chi connectivity index (χ2n) is 6.91. The predicted octanol–water partition coefficient (Wildman–Crippen LogP) is 4.90. The van der Waals surface area contributed by atoms with Gasteiger partial charge < -0.3 is 5.11 Å². The minimum atomic E-state index is 0.149. The molecule has 1 saturated carbocycles. The molecule has 0 heterocycles. The summed E-state index contributed by atoms with van der Waals surface area (Å²) in [5.74, 6) is 0.909. The Morgan fingerprint density at radius 2 is 2.00 bits per heavy atom. The number of aliphatic hydroxyl groups excluding tert-OH is 1. The Balaban J connectivity index is 1.94. The highest BCUT2D eigenvalue weighted by molar-refractivity contribution is 5.23. The zero-order valence-electron chi connectivity index (χ0n) is 13.2. The molecule has 0 atom stereocenters. The normalized spacial score (nSPS) is 26.6. The van der Waals surface area contributed by atoms with E-state index in [1.165, 1.54) is 56.1 Å². The van der Waals surface area contributed by atoms with Crippen molar-refractivity contribution >= 4 is 0 Å². The summed E-state index contributed by atoms with van der Waals surface area (Å²) in [7, 11) is 0. The van der Waals surface area contributed by atoms with E-state index in [9.17, 15) is 5.11 Å². The van der Waals surface area contributed by atoms with Crippen LogP contribution in [-0.4, -0.2) is 11.7 Å². The number of aliphatic hydroxyl groups is 1. The van der Waals surface area contributed by atoms with Gasteiger partial charge in [0.2, 0.25) is 0 Å². The summed E-state index contributed by atoms with van der Waals surface area (Å²) in [6.45, 7) is 4.77. The summed E-state index contributed by atoms with van der Waals surface area (Å²) < 4.78 is 0. The van der Waals surface area contributed by atoms with Gasteiger partial charge >= 0.3 is 0 Å². The molecular formula is C19H30O. The molecule has 20 heavy (non-hydrogen) atoms. The zero-order chi connectivity index (χ0) is 14.4. The van der Waals surface area contributed by atoms with Crippen molar-refractivity contribution in [2.24, 2.45) is 11.3 Å². The highest BCUT2D eigenvalue weighted by Gasteiger charge is 2.34. The molecule has 1 nitrogen and oxygen atoms in total. The molecular weight excluding hydrogens is 244 g/mol. The zero-order valence-corrected chi connectivity index (χ0v) is 13.2. The van der Waals surface area contributed by atoms with Gasteiger partial charge in [0.05, 0.1) is 0 Å². The lowest BCUT2D eigenvalue weighted by molar-refractivity contribution is 0.0621. The lowest BCUT2D eigenvalue weighted by atomic mass is 9.67. The van der Waals surface area contributed by atoms with Crippen molar-refractivity contribution < 1.29 is 5.11 Å². The van der Waals surface area contributed by atoms with Gasteiger partial charge in [0.1, 0.15) is 0 Å². The second kappa shape index (κ2) is 7.26. The van der Waals surface area contributed by atoms with Crippen molar-refractivity contribution in [1.82, 2.24) is 0 Å². The molecule has 0 unspecified atom stereocenters. The van der Waals surface area contributed by atoms with Crippen molar-refractivity contribution in [2.75, 3.05) is 6.61 Å². The topological polar surface area (TPSA) is 20.2 Å². The predicted molar refractivity (Wildman–Crippen MR) is 85.9 cm³/mol. The van der Waals surface area contributed by atoms with Gasteiger partial charge in [-0.15, -0.1) is 0 Å². The first-order valence-corrected chi connectivity index (χ1v) is 8.34. The first-order chi connectivity index (χ1) is 9.67. The molecule has 1 aromatic rings. The van der Waals surface area contributed by atoms with Crippen LogP contribution in [0.4, 0.5) is 0 Å². The summed E-state index contributed by atoms with van der Waals surface area (Å²) in [5, 5.41) is 9.93. The van der Waals surface area contributed by atoms with E-state index in [4.69, 9.17) is 0 Å². The molecule has 0 amide bonds. The van der Waals surface area contributed by atoms with Crippen molar-refractivity contribution in [3.63, 3.8) is 0 Å². The standard InChI is InChI=1S/C19H30O/c1-3-4-7-17-9-11-19(15-20,12-10-17)14-18-8-5-6-16(2)13-18/h5-6,8,13,17,20H,3-4,7,9-12,14-15H2,1-2H3. The summed E-state index contributed by atoms with van der Waals surface area (Å²) in [5.41, 5.74) is 2.87. The van der Waals surface area contributed by atoms with Crippen LogP contribution in [0.1, 0.15) is 63.0 Å². The maximum absolute atomic E-state index is 9.93. The van der Waals surface area contributed by atoms with E-state index in [0.717, 1.165) is 12.3 Å². The van der Waals surface area contributed by atoms with Crippen LogP contribution in [0.5, 0.6) is 0 Å². The molecule has 1 aromatic carbocycles. The molecule has 0 radical (unpaired) electrons.